The molecule has 0 saturated carbocycles. The summed E-state index contributed by atoms with van der Waals surface area (Å²) in [5.41, 5.74) is 1.60. The lowest BCUT2D eigenvalue weighted by Gasteiger charge is -2.08. The maximum absolute atomic E-state index is 10.4. The quantitative estimate of drug-likeness (QED) is 0.623. The molecule has 0 fully saturated rings. The average molecular weight is 256 g/mol. The third kappa shape index (κ3) is 2.73. The van der Waals surface area contributed by atoms with E-state index in [0.717, 1.165) is 11.8 Å². The van der Waals surface area contributed by atoms with Crippen LogP contribution in [0, 0.1) is 4.64 Å². The molecule has 3 nitrogen and oxygen atoms in total. The number of para-hydroxylation sites is 1. The lowest BCUT2D eigenvalue weighted by molar-refractivity contribution is -0.297. The van der Waals surface area contributed by atoms with Crippen molar-refractivity contribution in [1.29, 1.82) is 0 Å². The summed E-state index contributed by atoms with van der Waals surface area (Å²) >= 11 is 5.32. The Morgan fingerprint density at radius 2 is 1.89 bits per heavy atom. The van der Waals surface area contributed by atoms with Crippen LogP contribution in [0.5, 0.6) is 0 Å². The lowest BCUT2D eigenvalue weighted by atomic mass is 10.2. The first kappa shape index (κ1) is 12.3. The minimum atomic E-state index is -1.24. The zero-order valence-corrected chi connectivity index (χ0v) is 10.3. The van der Waals surface area contributed by atoms with Gasteiger partial charge in [-0.05, 0) is 24.3 Å². The molecule has 0 aliphatic rings. The van der Waals surface area contributed by atoms with Gasteiger partial charge in [-0.1, -0.05) is 42.6 Å². The van der Waals surface area contributed by atoms with Crippen LogP contribution in [0.3, 0.4) is 0 Å². The first-order chi connectivity index (χ1) is 8.68. The van der Waals surface area contributed by atoms with Gasteiger partial charge in [0, 0.05) is 17.4 Å². The summed E-state index contributed by atoms with van der Waals surface area (Å²) in [6.07, 6.45) is 4.26. The van der Waals surface area contributed by atoms with Crippen LogP contribution >= 0.6 is 12.2 Å². The molecule has 90 valence electrons. The van der Waals surface area contributed by atoms with Crippen molar-refractivity contribution in [3.8, 4) is 5.69 Å². The number of carboxylic acids is 1. The Morgan fingerprint density at radius 3 is 2.56 bits per heavy atom. The third-order valence-corrected chi connectivity index (χ3v) is 2.84. The maximum atomic E-state index is 10.4. The van der Waals surface area contributed by atoms with Crippen LogP contribution < -0.4 is 5.11 Å². The van der Waals surface area contributed by atoms with Crippen LogP contribution in [0.4, 0.5) is 0 Å². The number of hydrogen-bond acceptors (Lipinski definition) is 3. The Hall–Kier alpha value is -2.20. The zero-order chi connectivity index (χ0) is 13.0. The average Bonchev–Trinajstić information content (AvgIpc) is 2.38. The molecule has 2 rings (SSSR count). The highest BCUT2D eigenvalue weighted by Crippen LogP contribution is 2.12. The minimum Gasteiger partial charge on any atom is -0.545 e. The summed E-state index contributed by atoms with van der Waals surface area (Å²) in [5, 5.41) is 10.4. The Labute approximate surface area is 110 Å². The SMILES string of the molecule is O=C([O-])/C=C/c1cccn(-c2ccccc2)c1=S. The summed E-state index contributed by atoms with van der Waals surface area (Å²) in [6.45, 7) is 0. The molecule has 0 amide bonds. The fraction of sp³-hybridized carbons (Fsp3) is 0. The summed E-state index contributed by atoms with van der Waals surface area (Å²) in [4.78, 5) is 10.4. The van der Waals surface area contributed by atoms with Gasteiger partial charge in [-0.15, -0.1) is 0 Å². The molecule has 2 aromatic rings. The van der Waals surface area contributed by atoms with Gasteiger partial charge in [0.15, 0.2) is 0 Å². The molecule has 0 atom stereocenters. The molecule has 0 N–H and O–H groups in total. The Morgan fingerprint density at radius 1 is 1.17 bits per heavy atom. The number of carbonyl (C=O) groups excluding carboxylic acids is 1. The van der Waals surface area contributed by atoms with E-state index in [-0.39, 0.29) is 0 Å². The van der Waals surface area contributed by atoms with Crippen molar-refractivity contribution in [3.05, 3.63) is 64.9 Å². The van der Waals surface area contributed by atoms with Crippen molar-refractivity contribution < 1.29 is 9.90 Å². The molecule has 18 heavy (non-hydrogen) atoms. The molecule has 0 aliphatic carbocycles. The number of carboxylic acid groups (broad SMARTS) is 1. The van der Waals surface area contributed by atoms with Crippen LogP contribution in [-0.2, 0) is 4.79 Å². The van der Waals surface area contributed by atoms with E-state index in [1.54, 1.807) is 6.07 Å². The number of rotatable bonds is 3. The molecule has 1 aromatic heterocycles. The van der Waals surface area contributed by atoms with Crippen molar-refractivity contribution in [1.82, 2.24) is 4.57 Å². The van der Waals surface area contributed by atoms with E-state index in [0.29, 0.717) is 10.2 Å². The van der Waals surface area contributed by atoms with E-state index in [1.807, 2.05) is 47.2 Å². The number of pyridine rings is 1. The molecule has 0 bridgehead atoms. The highest BCUT2D eigenvalue weighted by molar-refractivity contribution is 7.71. The fourth-order valence-electron chi connectivity index (χ4n) is 1.59. The van der Waals surface area contributed by atoms with Gasteiger partial charge in [-0.3, -0.25) is 0 Å². The number of nitrogens with zero attached hydrogens (tertiary/aromatic N) is 1. The van der Waals surface area contributed by atoms with Crippen molar-refractivity contribution in [3.63, 3.8) is 0 Å². The minimum absolute atomic E-state index is 0.557. The predicted molar refractivity (Wildman–Crippen MR) is 70.6 cm³/mol. The molecule has 0 aliphatic heterocycles. The summed E-state index contributed by atoms with van der Waals surface area (Å²) < 4.78 is 2.38. The molecule has 0 saturated heterocycles. The highest BCUT2D eigenvalue weighted by atomic mass is 32.1. The van der Waals surface area contributed by atoms with E-state index in [4.69, 9.17) is 12.2 Å². The number of hydrogen-bond donors (Lipinski definition) is 0. The summed E-state index contributed by atoms with van der Waals surface area (Å²) in [6, 6.07) is 13.2. The summed E-state index contributed by atoms with van der Waals surface area (Å²) in [7, 11) is 0. The second-order valence-electron chi connectivity index (χ2n) is 3.63. The van der Waals surface area contributed by atoms with Gasteiger partial charge < -0.3 is 14.5 Å². The van der Waals surface area contributed by atoms with Crippen molar-refractivity contribution in [2.45, 2.75) is 0 Å². The topological polar surface area (TPSA) is 45.1 Å². The molecule has 4 heteroatoms. The van der Waals surface area contributed by atoms with Crippen molar-refractivity contribution in [2.24, 2.45) is 0 Å². The first-order valence-electron chi connectivity index (χ1n) is 5.34. The van der Waals surface area contributed by atoms with Gasteiger partial charge in [-0.2, -0.15) is 0 Å². The third-order valence-electron chi connectivity index (χ3n) is 2.41. The van der Waals surface area contributed by atoms with Gasteiger partial charge in [-0.25, -0.2) is 0 Å². The first-order valence-corrected chi connectivity index (χ1v) is 5.75. The molecular formula is C14H10NO2S-. The smallest absolute Gasteiger partial charge is 0.117 e. The Balaban J connectivity index is 2.49. The Kier molecular flexibility index (Phi) is 3.69. The fourth-order valence-corrected chi connectivity index (χ4v) is 1.89. The normalized spacial score (nSPS) is 10.7. The van der Waals surface area contributed by atoms with Gasteiger partial charge in [0.2, 0.25) is 0 Å². The Bertz CT molecular complexity index is 644. The number of benzene rings is 1. The zero-order valence-electron chi connectivity index (χ0n) is 9.45. The van der Waals surface area contributed by atoms with Crippen molar-refractivity contribution >= 4 is 24.3 Å². The molecule has 1 aromatic carbocycles. The largest absolute Gasteiger partial charge is 0.545 e. The van der Waals surface area contributed by atoms with E-state index in [1.165, 1.54) is 6.08 Å². The summed E-state index contributed by atoms with van der Waals surface area (Å²) in [5.74, 6) is -1.24. The molecule has 1 heterocycles. The monoisotopic (exact) mass is 256 g/mol. The van der Waals surface area contributed by atoms with Gasteiger partial charge >= 0.3 is 0 Å². The van der Waals surface area contributed by atoms with E-state index in [2.05, 4.69) is 0 Å². The van der Waals surface area contributed by atoms with Gasteiger partial charge in [0.05, 0.1) is 5.97 Å². The maximum Gasteiger partial charge on any atom is 0.117 e. The number of aromatic nitrogens is 1. The van der Waals surface area contributed by atoms with Crippen LogP contribution in [0.25, 0.3) is 11.8 Å². The second kappa shape index (κ2) is 5.42. The highest BCUT2D eigenvalue weighted by Gasteiger charge is 1.98. The van der Waals surface area contributed by atoms with Gasteiger partial charge in [0.1, 0.15) is 4.64 Å². The van der Waals surface area contributed by atoms with E-state index < -0.39 is 5.97 Å². The molecule has 0 spiro atoms. The van der Waals surface area contributed by atoms with Crippen LogP contribution in [0.15, 0.2) is 54.7 Å². The predicted octanol–water partition coefficient (Wildman–Crippen LogP) is 1.97. The lowest BCUT2D eigenvalue weighted by Crippen LogP contribution is -2.18. The van der Waals surface area contributed by atoms with Crippen LogP contribution in [0.2, 0.25) is 0 Å². The van der Waals surface area contributed by atoms with Crippen molar-refractivity contribution in [2.75, 3.05) is 0 Å². The van der Waals surface area contributed by atoms with Gasteiger partial charge in [0.25, 0.3) is 0 Å². The standard InChI is InChI=1S/C14H11NO2S/c16-13(17)9-8-11-5-4-10-15(14(11)18)12-6-2-1-3-7-12/h1-10H,(H,16,17)/p-1/b9-8+. The number of carbonyl (C=O) groups is 1. The molecule has 0 unspecified atom stereocenters. The van der Waals surface area contributed by atoms with E-state index >= 15 is 0 Å². The second-order valence-corrected chi connectivity index (χ2v) is 4.01. The molecule has 0 radical (unpaired) electrons. The van der Waals surface area contributed by atoms with Crippen LogP contribution in [-0.4, -0.2) is 10.5 Å². The number of aliphatic carboxylic acids is 1. The van der Waals surface area contributed by atoms with E-state index in [9.17, 15) is 9.90 Å². The van der Waals surface area contributed by atoms with Crippen LogP contribution in [0.1, 0.15) is 5.56 Å². The molecular weight excluding hydrogens is 246 g/mol.